The number of nitrogens with one attached hydrogen (secondary N) is 1. The van der Waals surface area contributed by atoms with Crippen molar-refractivity contribution in [2.75, 3.05) is 19.6 Å². The van der Waals surface area contributed by atoms with E-state index in [2.05, 4.69) is 24.1 Å². The van der Waals surface area contributed by atoms with E-state index in [9.17, 15) is 4.79 Å². The molecule has 0 spiro atoms. The van der Waals surface area contributed by atoms with E-state index in [1.54, 1.807) is 0 Å². The molecule has 1 aliphatic rings. The van der Waals surface area contributed by atoms with Gasteiger partial charge in [-0.15, -0.1) is 0 Å². The summed E-state index contributed by atoms with van der Waals surface area (Å²) in [5.74, 6) is -0.241. The van der Waals surface area contributed by atoms with Crippen LogP contribution in [0.1, 0.15) is 40.0 Å². The molecule has 100 valence electrons. The fourth-order valence-corrected chi connectivity index (χ4v) is 2.71. The van der Waals surface area contributed by atoms with Crippen molar-refractivity contribution in [3.63, 3.8) is 0 Å². The molecule has 17 heavy (non-hydrogen) atoms. The van der Waals surface area contributed by atoms with E-state index in [0.717, 1.165) is 19.6 Å². The Bertz CT molecular complexity index is 245. The highest BCUT2D eigenvalue weighted by Crippen LogP contribution is 2.20. The number of rotatable bonds is 6. The lowest BCUT2D eigenvalue weighted by Gasteiger charge is -2.40. The van der Waals surface area contributed by atoms with Gasteiger partial charge in [-0.2, -0.15) is 0 Å². The lowest BCUT2D eigenvalue weighted by Crippen LogP contribution is -2.52. The molecule has 3 unspecified atom stereocenters. The zero-order valence-corrected chi connectivity index (χ0v) is 11.4. The normalized spacial score (nSPS) is 25.5. The molecule has 0 aromatic carbocycles. The first-order valence-electron chi connectivity index (χ1n) is 6.83. The molecule has 1 fully saturated rings. The van der Waals surface area contributed by atoms with Gasteiger partial charge in [0, 0.05) is 24.5 Å². The van der Waals surface area contributed by atoms with Crippen LogP contribution in [-0.4, -0.2) is 42.5 Å². The first-order chi connectivity index (χ1) is 8.06. The van der Waals surface area contributed by atoms with Crippen molar-refractivity contribution in [1.29, 1.82) is 0 Å². The monoisotopic (exact) mass is 241 g/mol. The van der Waals surface area contributed by atoms with E-state index in [-0.39, 0.29) is 11.8 Å². The molecular formula is C13H27N3O. The second-order valence-corrected chi connectivity index (χ2v) is 5.21. The molecule has 4 heteroatoms. The molecule has 0 aromatic heterocycles. The van der Waals surface area contributed by atoms with Gasteiger partial charge in [0.1, 0.15) is 0 Å². The molecule has 0 aromatic rings. The minimum atomic E-state index is -0.189. The fourth-order valence-electron chi connectivity index (χ4n) is 2.71. The van der Waals surface area contributed by atoms with Gasteiger partial charge in [-0.05, 0) is 32.9 Å². The van der Waals surface area contributed by atoms with Crippen molar-refractivity contribution in [2.45, 2.75) is 52.1 Å². The Kier molecular flexibility index (Phi) is 5.92. The zero-order valence-electron chi connectivity index (χ0n) is 11.4. The predicted octanol–water partition coefficient (Wildman–Crippen LogP) is 0.960. The highest BCUT2D eigenvalue weighted by molar-refractivity contribution is 5.76. The third-order valence-electron chi connectivity index (χ3n) is 3.76. The summed E-state index contributed by atoms with van der Waals surface area (Å²) in [7, 11) is 0. The molecular weight excluding hydrogens is 214 g/mol. The van der Waals surface area contributed by atoms with Crippen LogP contribution < -0.4 is 11.1 Å². The Morgan fingerprint density at radius 3 is 2.76 bits per heavy atom. The van der Waals surface area contributed by atoms with Gasteiger partial charge in [0.05, 0.1) is 0 Å². The summed E-state index contributed by atoms with van der Waals surface area (Å²) in [6, 6.07) is 1.03. The van der Waals surface area contributed by atoms with E-state index < -0.39 is 0 Å². The number of carbonyl (C=O) groups excluding carboxylic acids is 1. The van der Waals surface area contributed by atoms with Crippen molar-refractivity contribution in [3.8, 4) is 0 Å². The summed E-state index contributed by atoms with van der Waals surface area (Å²) < 4.78 is 0. The number of likely N-dealkylation sites (tertiary alicyclic amines) is 1. The van der Waals surface area contributed by atoms with Gasteiger partial charge in [-0.1, -0.05) is 20.3 Å². The van der Waals surface area contributed by atoms with Gasteiger partial charge in [-0.25, -0.2) is 0 Å². The average Bonchev–Trinajstić information content (AvgIpc) is 2.29. The Morgan fingerprint density at radius 2 is 2.18 bits per heavy atom. The Hall–Kier alpha value is -0.610. The lowest BCUT2D eigenvalue weighted by atomic mass is 9.95. The maximum atomic E-state index is 11.2. The topological polar surface area (TPSA) is 58.4 Å². The lowest BCUT2D eigenvalue weighted by molar-refractivity contribution is -0.122. The maximum absolute atomic E-state index is 11.2. The molecule has 0 aliphatic carbocycles. The number of nitrogens with two attached hydrogens (primary N) is 1. The SMILES string of the molecule is CCNC(C)C1CCCCN1CC(C)C(N)=O. The number of piperidine rings is 1. The highest BCUT2D eigenvalue weighted by atomic mass is 16.1. The van der Waals surface area contributed by atoms with Crippen LogP contribution in [0, 0.1) is 5.92 Å². The third kappa shape index (κ3) is 4.28. The second kappa shape index (κ2) is 6.97. The number of primary amides is 1. The largest absolute Gasteiger partial charge is 0.369 e. The quantitative estimate of drug-likeness (QED) is 0.728. The van der Waals surface area contributed by atoms with Crippen molar-refractivity contribution in [2.24, 2.45) is 11.7 Å². The molecule has 3 N–H and O–H groups in total. The van der Waals surface area contributed by atoms with Gasteiger partial charge in [0.25, 0.3) is 0 Å². The minimum absolute atomic E-state index is 0.0515. The number of likely N-dealkylation sites (N-methyl/N-ethyl adjacent to an activating group) is 1. The van der Waals surface area contributed by atoms with Gasteiger partial charge in [0.15, 0.2) is 0 Å². The Morgan fingerprint density at radius 1 is 1.47 bits per heavy atom. The van der Waals surface area contributed by atoms with E-state index >= 15 is 0 Å². The number of amides is 1. The highest BCUT2D eigenvalue weighted by Gasteiger charge is 2.28. The summed E-state index contributed by atoms with van der Waals surface area (Å²) >= 11 is 0. The Balaban J connectivity index is 2.56. The van der Waals surface area contributed by atoms with Crippen LogP contribution >= 0.6 is 0 Å². The minimum Gasteiger partial charge on any atom is -0.369 e. The molecule has 1 saturated heterocycles. The van der Waals surface area contributed by atoms with Crippen molar-refractivity contribution in [3.05, 3.63) is 0 Å². The van der Waals surface area contributed by atoms with Crippen LogP contribution in [-0.2, 0) is 4.79 Å². The van der Waals surface area contributed by atoms with Crippen LogP contribution in [0.2, 0.25) is 0 Å². The second-order valence-electron chi connectivity index (χ2n) is 5.21. The van der Waals surface area contributed by atoms with Crippen LogP contribution in [0.25, 0.3) is 0 Å². The van der Waals surface area contributed by atoms with E-state index in [1.807, 2.05) is 6.92 Å². The summed E-state index contributed by atoms with van der Waals surface area (Å²) in [5, 5.41) is 3.49. The average molecular weight is 241 g/mol. The molecule has 0 radical (unpaired) electrons. The van der Waals surface area contributed by atoms with E-state index in [1.165, 1.54) is 19.3 Å². The molecule has 3 atom stereocenters. The van der Waals surface area contributed by atoms with Crippen LogP contribution in [0.15, 0.2) is 0 Å². The summed E-state index contributed by atoms with van der Waals surface area (Å²) in [6.45, 7) is 9.19. The number of hydrogen-bond acceptors (Lipinski definition) is 3. The first-order valence-corrected chi connectivity index (χ1v) is 6.83. The first kappa shape index (κ1) is 14.5. The summed E-state index contributed by atoms with van der Waals surface area (Å²) in [6.07, 6.45) is 3.75. The molecule has 4 nitrogen and oxygen atoms in total. The van der Waals surface area contributed by atoms with Crippen molar-refractivity contribution >= 4 is 5.91 Å². The molecule has 1 aliphatic heterocycles. The van der Waals surface area contributed by atoms with Crippen LogP contribution in [0.3, 0.4) is 0 Å². The van der Waals surface area contributed by atoms with Gasteiger partial charge < -0.3 is 11.1 Å². The van der Waals surface area contributed by atoms with Gasteiger partial charge in [-0.3, -0.25) is 9.69 Å². The number of hydrogen-bond donors (Lipinski definition) is 2. The van der Waals surface area contributed by atoms with E-state index in [4.69, 9.17) is 5.73 Å². The van der Waals surface area contributed by atoms with Crippen LogP contribution in [0.5, 0.6) is 0 Å². The summed E-state index contributed by atoms with van der Waals surface area (Å²) in [4.78, 5) is 13.6. The molecule has 0 saturated carbocycles. The third-order valence-corrected chi connectivity index (χ3v) is 3.76. The number of carbonyl (C=O) groups is 1. The molecule has 1 amide bonds. The molecule has 1 heterocycles. The van der Waals surface area contributed by atoms with Gasteiger partial charge >= 0.3 is 0 Å². The number of nitrogens with zero attached hydrogens (tertiary/aromatic N) is 1. The maximum Gasteiger partial charge on any atom is 0.221 e. The predicted molar refractivity (Wildman–Crippen MR) is 70.7 cm³/mol. The molecule has 1 rings (SSSR count). The smallest absolute Gasteiger partial charge is 0.221 e. The Labute approximate surface area is 105 Å². The summed E-state index contributed by atoms with van der Waals surface area (Å²) in [5.41, 5.74) is 5.35. The van der Waals surface area contributed by atoms with Crippen molar-refractivity contribution in [1.82, 2.24) is 10.2 Å². The fraction of sp³-hybridized carbons (Fsp3) is 0.923. The molecule has 0 bridgehead atoms. The zero-order chi connectivity index (χ0) is 12.8. The standard InChI is InChI=1S/C13H27N3O/c1-4-15-11(3)12-7-5-6-8-16(12)9-10(2)13(14)17/h10-12,15H,4-9H2,1-3H3,(H2,14,17). The van der Waals surface area contributed by atoms with E-state index in [0.29, 0.717) is 12.1 Å². The van der Waals surface area contributed by atoms with Crippen LogP contribution in [0.4, 0.5) is 0 Å². The van der Waals surface area contributed by atoms with Gasteiger partial charge in [0.2, 0.25) is 5.91 Å². The van der Waals surface area contributed by atoms with Crippen molar-refractivity contribution < 1.29 is 4.79 Å².